The number of carboxylic acid groups (broad SMARTS) is 1. The van der Waals surface area contributed by atoms with Crippen LogP contribution in [0.2, 0.25) is 0 Å². The van der Waals surface area contributed by atoms with Crippen molar-refractivity contribution in [3.63, 3.8) is 0 Å². The average molecular weight is 358 g/mol. The lowest BCUT2D eigenvalue weighted by Crippen LogP contribution is -2.36. The first kappa shape index (κ1) is 18.8. The largest absolute Gasteiger partial charge is 0.481 e. The highest BCUT2D eigenvalue weighted by molar-refractivity contribution is 5.97. The quantitative estimate of drug-likeness (QED) is 0.815. The average Bonchev–Trinajstić information content (AvgIpc) is 2.86. The fourth-order valence-electron chi connectivity index (χ4n) is 2.57. The smallest absolute Gasteiger partial charge is 0.406 e. The van der Waals surface area contributed by atoms with Gasteiger partial charge < -0.3 is 15.3 Å². The summed E-state index contributed by atoms with van der Waals surface area (Å²) < 4.78 is 37.1. The first-order chi connectivity index (χ1) is 11.6. The number of nitrogens with one attached hydrogen (secondary N) is 1. The van der Waals surface area contributed by atoms with Crippen LogP contribution in [0.1, 0.15) is 18.4 Å². The molecule has 1 atom stereocenters. The molecule has 136 valence electrons. The monoisotopic (exact) mass is 358 g/mol. The highest BCUT2D eigenvalue weighted by Gasteiger charge is 2.40. The fourth-order valence-corrected chi connectivity index (χ4v) is 2.57. The fraction of sp³-hybridized carbons (Fsp3) is 0.438. The Kier molecular flexibility index (Phi) is 5.66. The second-order valence-electron chi connectivity index (χ2n) is 5.87. The zero-order valence-electron chi connectivity index (χ0n) is 13.2. The molecule has 1 unspecified atom stereocenters. The number of alkyl halides is 3. The lowest BCUT2D eigenvalue weighted by atomic mass is 10.1. The van der Waals surface area contributed by atoms with E-state index in [-0.39, 0.29) is 19.4 Å². The van der Waals surface area contributed by atoms with Crippen LogP contribution in [0, 0.1) is 5.92 Å². The number of carbonyl (C=O) groups excluding carboxylic acids is 2. The van der Waals surface area contributed by atoms with Crippen molar-refractivity contribution in [1.29, 1.82) is 0 Å². The van der Waals surface area contributed by atoms with Gasteiger partial charge in [0.2, 0.25) is 11.8 Å². The number of likely N-dealkylation sites (tertiary alicyclic amines) is 1. The van der Waals surface area contributed by atoms with E-state index in [2.05, 4.69) is 5.32 Å². The van der Waals surface area contributed by atoms with E-state index in [4.69, 9.17) is 5.11 Å². The molecule has 1 aliphatic rings. The van der Waals surface area contributed by atoms with Gasteiger partial charge in [0.05, 0.1) is 5.92 Å². The van der Waals surface area contributed by atoms with E-state index in [0.717, 1.165) is 5.56 Å². The van der Waals surface area contributed by atoms with Gasteiger partial charge in [-0.2, -0.15) is 13.2 Å². The molecule has 1 heterocycles. The predicted octanol–water partition coefficient (Wildman–Crippen LogP) is 2.05. The van der Waals surface area contributed by atoms with E-state index >= 15 is 0 Å². The molecule has 6 nitrogen and oxygen atoms in total. The van der Waals surface area contributed by atoms with Crippen LogP contribution in [-0.4, -0.2) is 47.1 Å². The zero-order chi connectivity index (χ0) is 18.6. The second kappa shape index (κ2) is 7.54. The number of nitrogens with zero attached hydrogens (tertiary/aromatic N) is 1. The van der Waals surface area contributed by atoms with Crippen molar-refractivity contribution in [1.82, 2.24) is 4.90 Å². The van der Waals surface area contributed by atoms with Gasteiger partial charge in [-0.25, -0.2) is 0 Å². The topological polar surface area (TPSA) is 86.7 Å². The maximum Gasteiger partial charge on any atom is 0.406 e. The summed E-state index contributed by atoms with van der Waals surface area (Å²) in [6.07, 6.45) is -4.40. The number of hydrogen-bond acceptors (Lipinski definition) is 3. The molecule has 1 aromatic carbocycles. The van der Waals surface area contributed by atoms with E-state index in [1.54, 1.807) is 24.3 Å². The van der Waals surface area contributed by atoms with Gasteiger partial charge in [0, 0.05) is 25.1 Å². The highest BCUT2D eigenvalue weighted by atomic mass is 19.4. The third-order valence-corrected chi connectivity index (χ3v) is 3.80. The molecule has 2 N–H and O–H groups in total. The number of aryl methyl sites for hydroxylation is 1. The summed E-state index contributed by atoms with van der Waals surface area (Å²) >= 11 is 0. The number of hydrogen-bond donors (Lipinski definition) is 2. The van der Waals surface area contributed by atoms with Gasteiger partial charge in [-0.15, -0.1) is 0 Å². The molecule has 0 saturated carbocycles. The number of amides is 2. The first-order valence-corrected chi connectivity index (χ1v) is 7.60. The summed E-state index contributed by atoms with van der Waals surface area (Å²) in [5.41, 5.74) is 1.22. The standard InChI is InChI=1S/C16H17F3N2O4/c17-16(18,19)9-21-8-11(7-13(21)22)15(25)20-12-4-1-10(2-5-12)3-6-14(23)24/h1-2,4-5,11H,3,6-9H2,(H,20,25)(H,23,24). The Labute approximate surface area is 141 Å². The summed E-state index contributed by atoms with van der Waals surface area (Å²) in [6.45, 7) is -1.62. The van der Waals surface area contributed by atoms with Crippen LogP contribution in [0.25, 0.3) is 0 Å². The molecule has 25 heavy (non-hydrogen) atoms. The van der Waals surface area contributed by atoms with Crippen molar-refractivity contribution in [2.24, 2.45) is 5.92 Å². The molecule has 0 aliphatic carbocycles. The second-order valence-corrected chi connectivity index (χ2v) is 5.87. The van der Waals surface area contributed by atoms with Gasteiger partial charge in [-0.1, -0.05) is 12.1 Å². The van der Waals surface area contributed by atoms with Crippen molar-refractivity contribution in [3.05, 3.63) is 29.8 Å². The summed E-state index contributed by atoms with van der Waals surface area (Å²) in [5, 5.41) is 11.2. The van der Waals surface area contributed by atoms with Crippen LogP contribution in [-0.2, 0) is 20.8 Å². The van der Waals surface area contributed by atoms with Crippen molar-refractivity contribution < 1.29 is 32.7 Å². The molecule has 2 amide bonds. The minimum atomic E-state index is -4.49. The van der Waals surface area contributed by atoms with Crippen LogP contribution in [0.4, 0.5) is 18.9 Å². The van der Waals surface area contributed by atoms with Crippen molar-refractivity contribution in [2.45, 2.75) is 25.4 Å². The Morgan fingerprint density at radius 3 is 2.44 bits per heavy atom. The Balaban J connectivity index is 1.89. The van der Waals surface area contributed by atoms with Gasteiger partial charge in [-0.05, 0) is 24.1 Å². The van der Waals surface area contributed by atoms with Crippen LogP contribution < -0.4 is 5.32 Å². The minimum Gasteiger partial charge on any atom is -0.481 e. The number of carbonyl (C=O) groups is 3. The molecule has 2 rings (SSSR count). The number of rotatable bonds is 6. The van der Waals surface area contributed by atoms with E-state index in [1.165, 1.54) is 0 Å². The number of anilines is 1. The Hall–Kier alpha value is -2.58. The van der Waals surface area contributed by atoms with Gasteiger partial charge in [0.25, 0.3) is 0 Å². The lowest BCUT2D eigenvalue weighted by Gasteiger charge is -2.18. The van der Waals surface area contributed by atoms with E-state index in [1.807, 2.05) is 0 Å². The van der Waals surface area contributed by atoms with Gasteiger partial charge >= 0.3 is 12.1 Å². The van der Waals surface area contributed by atoms with E-state index in [0.29, 0.717) is 17.0 Å². The number of carboxylic acids is 1. The summed E-state index contributed by atoms with van der Waals surface area (Å²) in [7, 11) is 0. The van der Waals surface area contributed by atoms with Crippen molar-refractivity contribution in [3.8, 4) is 0 Å². The van der Waals surface area contributed by atoms with Crippen LogP contribution in [0.15, 0.2) is 24.3 Å². The SMILES string of the molecule is O=C(O)CCc1ccc(NC(=O)C2CC(=O)N(CC(F)(F)F)C2)cc1. The minimum absolute atomic E-state index is 0.00900. The summed E-state index contributed by atoms with van der Waals surface area (Å²) in [4.78, 5) is 34.9. The summed E-state index contributed by atoms with van der Waals surface area (Å²) in [5.74, 6) is -2.95. The molecule has 9 heteroatoms. The molecule has 0 radical (unpaired) electrons. The van der Waals surface area contributed by atoms with Crippen molar-refractivity contribution in [2.75, 3.05) is 18.4 Å². The third-order valence-electron chi connectivity index (χ3n) is 3.80. The molecule has 1 fully saturated rings. The molecule has 0 spiro atoms. The number of aliphatic carboxylic acids is 1. The maximum atomic E-state index is 12.4. The Morgan fingerprint density at radius 2 is 1.88 bits per heavy atom. The maximum absolute atomic E-state index is 12.4. The first-order valence-electron chi connectivity index (χ1n) is 7.60. The third kappa shape index (κ3) is 5.77. The van der Waals surface area contributed by atoms with E-state index in [9.17, 15) is 27.6 Å². The van der Waals surface area contributed by atoms with Gasteiger partial charge in [0.15, 0.2) is 0 Å². The normalized spacial score (nSPS) is 17.6. The Morgan fingerprint density at radius 1 is 1.24 bits per heavy atom. The van der Waals surface area contributed by atoms with Crippen molar-refractivity contribution >= 4 is 23.5 Å². The zero-order valence-corrected chi connectivity index (χ0v) is 13.2. The van der Waals surface area contributed by atoms with Crippen LogP contribution >= 0.6 is 0 Å². The highest BCUT2D eigenvalue weighted by Crippen LogP contribution is 2.25. The Bertz CT molecular complexity index is 658. The molecule has 0 aromatic heterocycles. The van der Waals surface area contributed by atoms with Crippen LogP contribution in [0.5, 0.6) is 0 Å². The summed E-state index contributed by atoms with van der Waals surface area (Å²) in [6, 6.07) is 6.49. The van der Waals surface area contributed by atoms with Crippen LogP contribution in [0.3, 0.4) is 0 Å². The molecule has 1 aromatic rings. The lowest BCUT2D eigenvalue weighted by molar-refractivity contribution is -0.157. The molecular formula is C16H17F3N2O4. The molecule has 1 aliphatic heterocycles. The predicted molar refractivity (Wildman–Crippen MR) is 81.8 cm³/mol. The number of benzene rings is 1. The van der Waals surface area contributed by atoms with Gasteiger partial charge in [0.1, 0.15) is 6.54 Å². The molecule has 0 bridgehead atoms. The number of halogens is 3. The van der Waals surface area contributed by atoms with Gasteiger partial charge in [-0.3, -0.25) is 14.4 Å². The van der Waals surface area contributed by atoms with E-state index < -0.39 is 36.4 Å². The molecular weight excluding hydrogens is 341 g/mol. The molecule has 1 saturated heterocycles.